The summed E-state index contributed by atoms with van der Waals surface area (Å²) >= 11 is 0. The summed E-state index contributed by atoms with van der Waals surface area (Å²) in [6.45, 7) is 4.08. The fraction of sp³-hybridized carbons (Fsp3) is 0.333. The van der Waals surface area contributed by atoms with Gasteiger partial charge in [0, 0.05) is 37.5 Å². The smallest absolute Gasteiger partial charge is 0.253 e. The first-order chi connectivity index (χ1) is 10.6. The Morgan fingerprint density at radius 1 is 1.23 bits per heavy atom. The Balaban J connectivity index is 1.65. The third-order valence-corrected chi connectivity index (χ3v) is 4.20. The van der Waals surface area contributed by atoms with Crippen molar-refractivity contribution in [2.45, 2.75) is 19.9 Å². The molecule has 1 saturated heterocycles. The van der Waals surface area contributed by atoms with Crippen molar-refractivity contribution in [3.63, 3.8) is 0 Å². The molecule has 1 aliphatic rings. The Morgan fingerprint density at radius 3 is 2.73 bits per heavy atom. The zero-order valence-corrected chi connectivity index (χ0v) is 12.7. The van der Waals surface area contributed by atoms with E-state index < -0.39 is 0 Å². The number of aryl methyl sites for hydroxylation is 1. The van der Waals surface area contributed by atoms with Crippen molar-refractivity contribution in [1.29, 1.82) is 0 Å². The van der Waals surface area contributed by atoms with Gasteiger partial charge in [-0.3, -0.25) is 9.59 Å². The lowest BCUT2D eigenvalue weighted by molar-refractivity contribution is 0.0786. The molecule has 114 valence electrons. The van der Waals surface area contributed by atoms with E-state index in [9.17, 15) is 9.59 Å². The van der Waals surface area contributed by atoms with E-state index in [1.165, 1.54) is 0 Å². The Morgan fingerprint density at radius 2 is 2.00 bits per heavy atom. The molecule has 1 aliphatic heterocycles. The average Bonchev–Trinajstić information content (AvgIpc) is 2.99. The molecular weight excluding hydrogens is 276 g/mol. The number of nitrogens with zero attached hydrogens (tertiary/aromatic N) is 2. The van der Waals surface area contributed by atoms with Gasteiger partial charge in [0.05, 0.1) is 0 Å². The molecule has 1 aromatic carbocycles. The van der Waals surface area contributed by atoms with Crippen molar-refractivity contribution in [3.05, 3.63) is 70.1 Å². The number of hydrogen-bond acceptors (Lipinski definition) is 2. The average molecular weight is 296 g/mol. The summed E-state index contributed by atoms with van der Waals surface area (Å²) in [5, 5.41) is 0. The van der Waals surface area contributed by atoms with Gasteiger partial charge in [-0.1, -0.05) is 18.2 Å². The van der Waals surface area contributed by atoms with Crippen LogP contribution in [0.4, 0.5) is 0 Å². The molecule has 1 fully saturated rings. The molecule has 0 spiro atoms. The van der Waals surface area contributed by atoms with Gasteiger partial charge in [0.25, 0.3) is 11.5 Å². The zero-order chi connectivity index (χ0) is 15.5. The van der Waals surface area contributed by atoms with E-state index in [0.717, 1.165) is 24.1 Å². The molecule has 0 N–H and O–H groups in total. The lowest BCUT2D eigenvalue weighted by Crippen LogP contribution is -2.30. The third-order valence-electron chi connectivity index (χ3n) is 4.20. The maximum absolute atomic E-state index is 12.4. The van der Waals surface area contributed by atoms with Crippen LogP contribution in [0.1, 0.15) is 22.3 Å². The molecule has 4 nitrogen and oxygen atoms in total. The molecule has 22 heavy (non-hydrogen) atoms. The van der Waals surface area contributed by atoms with Crippen LogP contribution >= 0.6 is 0 Å². The number of amides is 1. The fourth-order valence-electron chi connectivity index (χ4n) is 2.97. The summed E-state index contributed by atoms with van der Waals surface area (Å²) in [6, 6.07) is 13.0. The maximum Gasteiger partial charge on any atom is 0.253 e. The van der Waals surface area contributed by atoms with E-state index in [2.05, 4.69) is 0 Å². The summed E-state index contributed by atoms with van der Waals surface area (Å²) in [6.07, 6.45) is 2.79. The van der Waals surface area contributed by atoms with E-state index in [4.69, 9.17) is 0 Å². The fourth-order valence-corrected chi connectivity index (χ4v) is 2.97. The largest absolute Gasteiger partial charge is 0.338 e. The normalized spacial score (nSPS) is 17.7. The van der Waals surface area contributed by atoms with Crippen LogP contribution in [0.25, 0.3) is 0 Å². The summed E-state index contributed by atoms with van der Waals surface area (Å²) in [7, 11) is 0. The van der Waals surface area contributed by atoms with Gasteiger partial charge in [-0.15, -0.1) is 0 Å². The second-order valence-electron chi connectivity index (χ2n) is 5.97. The molecule has 1 amide bonds. The first-order valence-electron chi connectivity index (χ1n) is 7.65. The molecule has 2 heterocycles. The molecule has 1 atom stereocenters. The van der Waals surface area contributed by atoms with Gasteiger partial charge >= 0.3 is 0 Å². The van der Waals surface area contributed by atoms with E-state index in [-0.39, 0.29) is 11.5 Å². The molecule has 1 aromatic heterocycles. The summed E-state index contributed by atoms with van der Waals surface area (Å²) in [5.74, 6) is 0.424. The number of likely N-dealkylation sites (tertiary alicyclic amines) is 1. The van der Waals surface area contributed by atoms with Gasteiger partial charge in [0.2, 0.25) is 0 Å². The highest BCUT2D eigenvalue weighted by Crippen LogP contribution is 2.20. The quantitative estimate of drug-likeness (QED) is 0.872. The third kappa shape index (κ3) is 3.11. The van der Waals surface area contributed by atoms with Gasteiger partial charge in [0.15, 0.2) is 0 Å². The van der Waals surface area contributed by atoms with E-state index in [1.54, 1.807) is 10.6 Å². The van der Waals surface area contributed by atoms with Crippen LogP contribution in [0.5, 0.6) is 0 Å². The predicted octanol–water partition coefficient (Wildman–Crippen LogP) is 2.32. The van der Waals surface area contributed by atoms with Gasteiger partial charge in [-0.05, 0) is 43.0 Å². The molecule has 0 saturated carbocycles. The van der Waals surface area contributed by atoms with Crippen LogP contribution in [0.3, 0.4) is 0 Å². The molecular formula is C18H20N2O2. The van der Waals surface area contributed by atoms with Crippen molar-refractivity contribution < 1.29 is 4.79 Å². The maximum atomic E-state index is 12.4. The lowest BCUT2D eigenvalue weighted by atomic mass is 10.1. The van der Waals surface area contributed by atoms with Crippen LogP contribution in [0.15, 0.2) is 53.5 Å². The van der Waals surface area contributed by atoms with Gasteiger partial charge < -0.3 is 9.47 Å². The highest BCUT2D eigenvalue weighted by atomic mass is 16.2. The molecule has 0 bridgehead atoms. The van der Waals surface area contributed by atoms with Gasteiger partial charge in [-0.2, -0.15) is 0 Å². The number of hydrogen-bond donors (Lipinski definition) is 0. The van der Waals surface area contributed by atoms with Crippen molar-refractivity contribution in [1.82, 2.24) is 9.47 Å². The van der Waals surface area contributed by atoms with Gasteiger partial charge in [0.1, 0.15) is 0 Å². The van der Waals surface area contributed by atoms with Crippen LogP contribution in [-0.2, 0) is 6.54 Å². The molecule has 1 unspecified atom stereocenters. The van der Waals surface area contributed by atoms with Gasteiger partial charge in [-0.25, -0.2) is 0 Å². The highest BCUT2D eigenvalue weighted by molar-refractivity contribution is 5.94. The minimum absolute atomic E-state index is 0.0350. The minimum Gasteiger partial charge on any atom is -0.338 e. The van der Waals surface area contributed by atoms with Crippen LogP contribution in [-0.4, -0.2) is 28.5 Å². The molecule has 0 radical (unpaired) electrons. The summed E-state index contributed by atoms with van der Waals surface area (Å²) < 4.78 is 1.74. The van der Waals surface area contributed by atoms with E-state index in [0.29, 0.717) is 19.0 Å². The SMILES string of the molecule is Cc1ccn(CC2CCN(C(=O)c3ccccc3)C2)c(=O)c1. The summed E-state index contributed by atoms with van der Waals surface area (Å²) in [4.78, 5) is 26.2. The number of benzene rings is 1. The van der Waals surface area contributed by atoms with Crippen LogP contribution in [0, 0.1) is 12.8 Å². The second kappa shape index (κ2) is 6.18. The predicted molar refractivity (Wildman–Crippen MR) is 85.9 cm³/mol. The molecule has 2 aromatic rings. The lowest BCUT2D eigenvalue weighted by Gasteiger charge is -2.17. The van der Waals surface area contributed by atoms with Crippen LogP contribution < -0.4 is 5.56 Å². The Kier molecular flexibility index (Phi) is 4.09. The summed E-state index contributed by atoms with van der Waals surface area (Å²) in [5.41, 5.74) is 1.75. The zero-order valence-electron chi connectivity index (χ0n) is 12.7. The minimum atomic E-state index is 0.0350. The number of carbonyl (C=O) groups excluding carboxylic acids is 1. The highest BCUT2D eigenvalue weighted by Gasteiger charge is 2.27. The number of carbonyl (C=O) groups is 1. The van der Waals surface area contributed by atoms with Crippen molar-refractivity contribution in [2.24, 2.45) is 5.92 Å². The van der Waals surface area contributed by atoms with Crippen molar-refractivity contribution in [3.8, 4) is 0 Å². The van der Waals surface area contributed by atoms with E-state index >= 15 is 0 Å². The Hall–Kier alpha value is -2.36. The first-order valence-corrected chi connectivity index (χ1v) is 7.65. The topological polar surface area (TPSA) is 42.3 Å². The van der Waals surface area contributed by atoms with Crippen molar-refractivity contribution >= 4 is 5.91 Å². The number of rotatable bonds is 3. The van der Waals surface area contributed by atoms with Crippen molar-refractivity contribution in [2.75, 3.05) is 13.1 Å². The Bertz CT molecular complexity index is 721. The number of aromatic nitrogens is 1. The Labute approximate surface area is 130 Å². The van der Waals surface area contributed by atoms with E-state index in [1.807, 2.05) is 54.4 Å². The monoisotopic (exact) mass is 296 g/mol. The second-order valence-corrected chi connectivity index (χ2v) is 5.97. The molecule has 3 rings (SSSR count). The number of pyridine rings is 1. The molecule has 4 heteroatoms. The molecule has 0 aliphatic carbocycles. The standard InChI is InChI=1S/C18H20N2O2/c1-14-7-9-19(17(21)11-14)12-15-8-10-20(13-15)18(22)16-5-3-2-4-6-16/h2-7,9,11,15H,8,10,12-13H2,1H3. The van der Waals surface area contributed by atoms with Crippen LogP contribution in [0.2, 0.25) is 0 Å². The first kappa shape index (κ1) is 14.6.